The standard InChI is InChI=1S/C41H75N2O6P/c1-6-8-10-12-13-14-15-16-17-18-19-20-21-22-23-24-25-26-27-28-29-31-33-35-41(45)42-39(40(44)34-32-30-11-9-7-2)38-49-50(46,47)48-37-36-43(3,4)5/h8,10,13-14,16-17,19-20,22-23,39-40,44H,6-7,9,11-12,15,18,21,24-38H2,1-5H3,(H-,42,45,46,47)/p+1/b10-8-,14-13-,17-16-,20-19-,23-22-. The van der Waals surface area contributed by atoms with Crippen molar-refractivity contribution in [3.05, 3.63) is 60.8 Å². The van der Waals surface area contributed by atoms with E-state index in [0.29, 0.717) is 23.9 Å². The van der Waals surface area contributed by atoms with Crippen molar-refractivity contribution < 1.29 is 32.9 Å². The zero-order valence-corrected chi connectivity index (χ0v) is 33.5. The molecule has 0 aliphatic heterocycles. The zero-order chi connectivity index (χ0) is 37.2. The van der Waals surface area contributed by atoms with Crippen molar-refractivity contribution in [2.75, 3.05) is 40.9 Å². The summed E-state index contributed by atoms with van der Waals surface area (Å²) in [5.74, 6) is -0.167. The van der Waals surface area contributed by atoms with Gasteiger partial charge >= 0.3 is 7.82 Å². The van der Waals surface area contributed by atoms with Crippen LogP contribution in [0.2, 0.25) is 0 Å². The van der Waals surface area contributed by atoms with Gasteiger partial charge in [-0.2, -0.15) is 0 Å². The summed E-state index contributed by atoms with van der Waals surface area (Å²) >= 11 is 0. The third-order valence-electron chi connectivity index (χ3n) is 8.28. The Kier molecular flexibility index (Phi) is 31.9. The highest BCUT2D eigenvalue weighted by Gasteiger charge is 2.28. The van der Waals surface area contributed by atoms with E-state index in [-0.39, 0.29) is 19.1 Å². The molecular formula is C41H76N2O6P+. The van der Waals surface area contributed by atoms with Crippen LogP contribution in [0.5, 0.6) is 0 Å². The predicted molar refractivity (Wildman–Crippen MR) is 212 cm³/mol. The van der Waals surface area contributed by atoms with E-state index in [0.717, 1.165) is 89.9 Å². The van der Waals surface area contributed by atoms with Gasteiger partial charge in [0.25, 0.3) is 0 Å². The molecule has 0 aliphatic rings. The maximum Gasteiger partial charge on any atom is 0.472 e. The van der Waals surface area contributed by atoms with Gasteiger partial charge in [-0.05, 0) is 57.8 Å². The molecule has 0 saturated heterocycles. The number of phosphoric ester groups is 1. The highest BCUT2D eigenvalue weighted by molar-refractivity contribution is 7.47. The second-order valence-electron chi connectivity index (χ2n) is 14.3. The van der Waals surface area contributed by atoms with Gasteiger partial charge in [-0.1, -0.05) is 139 Å². The van der Waals surface area contributed by atoms with E-state index < -0.39 is 20.0 Å². The summed E-state index contributed by atoms with van der Waals surface area (Å²) in [4.78, 5) is 22.9. The number of quaternary nitrogens is 1. The largest absolute Gasteiger partial charge is 0.472 e. The first kappa shape index (κ1) is 48.2. The van der Waals surface area contributed by atoms with Crippen LogP contribution >= 0.6 is 7.82 Å². The van der Waals surface area contributed by atoms with E-state index in [9.17, 15) is 19.4 Å². The number of aliphatic hydroxyl groups excluding tert-OH is 1. The Hall–Kier alpha value is -1.80. The molecule has 0 radical (unpaired) electrons. The molecular weight excluding hydrogens is 647 g/mol. The number of carbonyl (C=O) groups excluding carboxylic acids is 1. The molecule has 0 aliphatic carbocycles. The van der Waals surface area contributed by atoms with Crippen molar-refractivity contribution in [3.8, 4) is 0 Å². The molecule has 0 heterocycles. The summed E-state index contributed by atoms with van der Waals surface area (Å²) in [5, 5.41) is 13.7. The van der Waals surface area contributed by atoms with E-state index >= 15 is 0 Å². The van der Waals surface area contributed by atoms with E-state index in [4.69, 9.17) is 9.05 Å². The minimum Gasteiger partial charge on any atom is -0.391 e. The molecule has 0 aromatic rings. The van der Waals surface area contributed by atoms with Crippen LogP contribution in [0.1, 0.15) is 142 Å². The number of allylic oxidation sites excluding steroid dienone is 10. The normalized spacial score (nSPS) is 15.3. The molecule has 290 valence electrons. The van der Waals surface area contributed by atoms with Gasteiger partial charge in [0, 0.05) is 6.42 Å². The summed E-state index contributed by atoms with van der Waals surface area (Å²) in [5.41, 5.74) is 0. The van der Waals surface area contributed by atoms with Gasteiger partial charge in [0.05, 0.1) is 39.9 Å². The number of nitrogens with one attached hydrogen (secondary N) is 1. The Morgan fingerprint density at radius 1 is 0.700 bits per heavy atom. The summed E-state index contributed by atoms with van der Waals surface area (Å²) < 4.78 is 23.4. The molecule has 0 rings (SSSR count). The first-order valence-corrected chi connectivity index (χ1v) is 21.1. The quantitative estimate of drug-likeness (QED) is 0.0264. The first-order valence-electron chi connectivity index (χ1n) is 19.7. The van der Waals surface area contributed by atoms with Crippen molar-refractivity contribution in [1.29, 1.82) is 0 Å². The minimum atomic E-state index is -4.30. The molecule has 0 aromatic heterocycles. The first-order chi connectivity index (χ1) is 24.0. The Bertz CT molecular complexity index is 1000. The minimum absolute atomic E-state index is 0.0680. The Morgan fingerprint density at radius 2 is 1.20 bits per heavy atom. The number of aliphatic hydroxyl groups is 1. The van der Waals surface area contributed by atoms with Gasteiger partial charge < -0.3 is 19.8 Å². The number of nitrogens with zero attached hydrogens (tertiary/aromatic N) is 1. The predicted octanol–water partition coefficient (Wildman–Crippen LogP) is 10.3. The molecule has 0 aromatic carbocycles. The van der Waals surface area contributed by atoms with Crippen molar-refractivity contribution in [1.82, 2.24) is 5.32 Å². The summed E-state index contributed by atoms with van der Waals surface area (Å²) in [6.45, 7) is 4.64. The second kappa shape index (κ2) is 33.1. The van der Waals surface area contributed by atoms with E-state index in [1.807, 2.05) is 21.1 Å². The maximum absolute atomic E-state index is 12.7. The molecule has 3 N–H and O–H groups in total. The molecule has 1 amide bonds. The van der Waals surface area contributed by atoms with Crippen LogP contribution in [0.4, 0.5) is 0 Å². The molecule has 0 bridgehead atoms. The Morgan fingerprint density at radius 3 is 1.76 bits per heavy atom. The van der Waals surface area contributed by atoms with Crippen LogP contribution in [0.15, 0.2) is 60.8 Å². The van der Waals surface area contributed by atoms with Gasteiger partial charge in [-0.15, -0.1) is 0 Å². The number of carbonyl (C=O) groups is 1. The van der Waals surface area contributed by atoms with E-state index in [1.165, 1.54) is 25.7 Å². The number of hydrogen-bond acceptors (Lipinski definition) is 5. The molecule has 0 spiro atoms. The highest BCUT2D eigenvalue weighted by Crippen LogP contribution is 2.43. The van der Waals surface area contributed by atoms with Crippen molar-refractivity contribution in [2.24, 2.45) is 0 Å². The molecule has 3 unspecified atom stereocenters. The van der Waals surface area contributed by atoms with Gasteiger partial charge in [0.1, 0.15) is 13.2 Å². The van der Waals surface area contributed by atoms with Crippen LogP contribution in [-0.4, -0.2) is 73.4 Å². The lowest BCUT2D eigenvalue weighted by Gasteiger charge is -2.26. The fraction of sp³-hybridized carbons (Fsp3) is 0.732. The van der Waals surface area contributed by atoms with Crippen LogP contribution in [0.3, 0.4) is 0 Å². The lowest BCUT2D eigenvalue weighted by Crippen LogP contribution is -2.46. The fourth-order valence-electron chi connectivity index (χ4n) is 5.13. The lowest BCUT2D eigenvalue weighted by molar-refractivity contribution is -0.870. The monoisotopic (exact) mass is 724 g/mol. The van der Waals surface area contributed by atoms with Gasteiger partial charge in [0.2, 0.25) is 5.91 Å². The third kappa shape index (κ3) is 34.6. The van der Waals surface area contributed by atoms with Gasteiger partial charge in [0.15, 0.2) is 0 Å². The van der Waals surface area contributed by atoms with Gasteiger partial charge in [-0.3, -0.25) is 13.8 Å². The van der Waals surface area contributed by atoms with Crippen molar-refractivity contribution in [3.63, 3.8) is 0 Å². The highest BCUT2D eigenvalue weighted by atomic mass is 31.2. The number of amides is 1. The van der Waals surface area contributed by atoms with Crippen LogP contribution in [0.25, 0.3) is 0 Å². The Balaban J connectivity index is 4.18. The Labute approximate surface area is 307 Å². The molecule has 9 heteroatoms. The van der Waals surface area contributed by atoms with Crippen molar-refractivity contribution in [2.45, 2.75) is 154 Å². The number of hydrogen-bond donors (Lipinski definition) is 3. The third-order valence-corrected chi connectivity index (χ3v) is 9.26. The SMILES string of the molecule is CC/C=C\C/C=C\C/C=C\C/C=C\C/C=C\CCCCCCCCCC(=O)NC(COP(=O)(O)OCC[N+](C)(C)C)C(O)CCCCCCC. The maximum atomic E-state index is 12.7. The fourth-order valence-corrected chi connectivity index (χ4v) is 5.86. The molecule has 50 heavy (non-hydrogen) atoms. The second-order valence-corrected chi connectivity index (χ2v) is 15.7. The van der Waals surface area contributed by atoms with E-state index in [1.54, 1.807) is 0 Å². The van der Waals surface area contributed by atoms with Crippen LogP contribution in [0, 0.1) is 0 Å². The summed E-state index contributed by atoms with van der Waals surface area (Å²) in [6, 6.07) is -0.765. The number of unbranched alkanes of at least 4 members (excludes halogenated alkanes) is 11. The average Bonchev–Trinajstić information content (AvgIpc) is 3.06. The average molecular weight is 724 g/mol. The molecule has 0 saturated carbocycles. The van der Waals surface area contributed by atoms with E-state index in [2.05, 4.69) is 79.9 Å². The van der Waals surface area contributed by atoms with Crippen molar-refractivity contribution >= 4 is 13.7 Å². The molecule has 3 atom stereocenters. The number of phosphoric acid groups is 1. The smallest absolute Gasteiger partial charge is 0.391 e. The van der Waals surface area contributed by atoms with Crippen LogP contribution < -0.4 is 5.32 Å². The topological polar surface area (TPSA) is 105 Å². The summed E-state index contributed by atoms with van der Waals surface area (Å²) in [6.07, 6.45) is 41.4. The number of rotatable bonds is 34. The molecule has 8 nitrogen and oxygen atoms in total. The zero-order valence-electron chi connectivity index (χ0n) is 32.6. The van der Waals surface area contributed by atoms with Crippen LogP contribution in [-0.2, 0) is 18.4 Å². The molecule has 0 fully saturated rings. The van der Waals surface area contributed by atoms with Gasteiger partial charge in [-0.25, -0.2) is 4.57 Å². The summed E-state index contributed by atoms with van der Waals surface area (Å²) in [7, 11) is 1.59. The lowest BCUT2D eigenvalue weighted by atomic mass is 10.0. The number of likely N-dealkylation sites (N-methyl/N-ethyl adjacent to an activating group) is 1.